The maximum Gasteiger partial charge on any atom is 0.162 e. The van der Waals surface area contributed by atoms with E-state index in [1.165, 1.54) is 0 Å². The summed E-state index contributed by atoms with van der Waals surface area (Å²) < 4.78 is 0.767. The molecule has 0 radical (unpaired) electrons. The molecule has 18 heavy (non-hydrogen) atoms. The van der Waals surface area contributed by atoms with Crippen molar-refractivity contribution in [3.63, 3.8) is 0 Å². The number of hydrogen-bond acceptors (Lipinski definition) is 3. The van der Waals surface area contributed by atoms with Gasteiger partial charge in [-0.05, 0) is 40.9 Å². The van der Waals surface area contributed by atoms with E-state index in [4.69, 9.17) is 11.6 Å². The van der Waals surface area contributed by atoms with Gasteiger partial charge in [0, 0.05) is 17.5 Å². The predicted molar refractivity (Wildman–Crippen MR) is 76.8 cm³/mol. The molecule has 0 aliphatic heterocycles. The van der Waals surface area contributed by atoms with E-state index in [9.17, 15) is 0 Å². The topological polar surface area (TPSA) is 38.7 Å². The van der Waals surface area contributed by atoms with Gasteiger partial charge in [0.05, 0.1) is 10.2 Å². The van der Waals surface area contributed by atoms with E-state index in [-0.39, 0.29) is 5.92 Å². The molecule has 0 unspecified atom stereocenters. The summed E-state index contributed by atoms with van der Waals surface area (Å²) in [5.74, 6) is 0.886. The van der Waals surface area contributed by atoms with Gasteiger partial charge in [-0.1, -0.05) is 25.4 Å². The molecule has 0 N–H and O–H groups in total. The zero-order chi connectivity index (χ0) is 13.3. The standard InChI is InChI=1S/C13H13BrClN3/c1-7(2)11-10(14)12(15)18-13(17-11)9-5-4-8(3)16-6-9/h4-7H,1-3H3. The highest BCUT2D eigenvalue weighted by Gasteiger charge is 2.14. The largest absolute Gasteiger partial charge is 0.261 e. The molecule has 0 aliphatic carbocycles. The van der Waals surface area contributed by atoms with Gasteiger partial charge in [-0.15, -0.1) is 0 Å². The molecule has 0 bridgehead atoms. The van der Waals surface area contributed by atoms with Crippen molar-refractivity contribution in [1.29, 1.82) is 0 Å². The van der Waals surface area contributed by atoms with Crippen molar-refractivity contribution in [3.05, 3.63) is 39.3 Å². The van der Waals surface area contributed by atoms with Crippen LogP contribution in [0.25, 0.3) is 11.4 Å². The van der Waals surface area contributed by atoms with Crippen molar-refractivity contribution in [2.75, 3.05) is 0 Å². The molecule has 0 aromatic carbocycles. The molecule has 5 heteroatoms. The Morgan fingerprint density at radius 2 is 1.94 bits per heavy atom. The first-order valence-corrected chi connectivity index (χ1v) is 6.82. The van der Waals surface area contributed by atoms with Crippen LogP contribution in [0.1, 0.15) is 31.2 Å². The Morgan fingerprint density at radius 3 is 2.50 bits per heavy atom. The number of rotatable bonds is 2. The zero-order valence-corrected chi connectivity index (χ0v) is 12.7. The Labute approximate surface area is 120 Å². The van der Waals surface area contributed by atoms with Crippen LogP contribution in [0, 0.1) is 6.92 Å². The first kappa shape index (κ1) is 13.4. The third-order valence-electron chi connectivity index (χ3n) is 2.55. The summed E-state index contributed by atoms with van der Waals surface area (Å²) in [5, 5.41) is 0.435. The molecular weight excluding hydrogens is 314 g/mol. The molecule has 0 aliphatic rings. The van der Waals surface area contributed by atoms with Gasteiger partial charge in [-0.25, -0.2) is 9.97 Å². The maximum absolute atomic E-state index is 6.13. The van der Waals surface area contributed by atoms with Crippen LogP contribution >= 0.6 is 27.5 Å². The fourth-order valence-electron chi connectivity index (χ4n) is 1.55. The van der Waals surface area contributed by atoms with Gasteiger partial charge in [0.25, 0.3) is 0 Å². The summed E-state index contributed by atoms with van der Waals surface area (Å²) in [6.07, 6.45) is 1.76. The van der Waals surface area contributed by atoms with Crippen molar-refractivity contribution in [2.24, 2.45) is 0 Å². The quantitative estimate of drug-likeness (QED) is 0.768. The summed E-state index contributed by atoms with van der Waals surface area (Å²) in [6.45, 7) is 6.08. The predicted octanol–water partition coefficient (Wildman–Crippen LogP) is 4.39. The molecule has 0 saturated heterocycles. The van der Waals surface area contributed by atoms with Crippen LogP contribution in [-0.2, 0) is 0 Å². The Hall–Kier alpha value is -1.00. The number of hydrogen-bond donors (Lipinski definition) is 0. The van der Waals surface area contributed by atoms with Gasteiger partial charge in [0.15, 0.2) is 5.82 Å². The molecule has 3 nitrogen and oxygen atoms in total. The smallest absolute Gasteiger partial charge is 0.162 e. The highest BCUT2D eigenvalue weighted by molar-refractivity contribution is 9.10. The van der Waals surface area contributed by atoms with E-state index >= 15 is 0 Å². The normalized spacial score (nSPS) is 11.0. The number of pyridine rings is 1. The molecule has 2 aromatic rings. The average molecular weight is 327 g/mol. The Kier molecular flexibility index (Phi) is 3.97. The van der Waals surface area contributed by atoms with E-state index in [0.717, 1.165) is 21.4 Å². The molecule has 94 valence electrons. The van der Waals surface area contributed by atoms with Crippen LogP contribution in [0.4, 0.5) is 0 Å². The first-order chi connectivity index (χ1) is 8.49. The molecule has 0 spiro atoms. The lowest BCUT2D eigenvalue weighted by molar-refractivity contribution is 0.809. The van der Waals surface area contributed by atoms with Crippen LogP contribution < -0.4 is 0 Å². The van der Waals surface area contributed by atoms with Gasteiger partial charge in [-0.3, -0.25) is 4.98 Å². The summed E-state index contributed by atoms with van der Waals surface area (Å²) >= 11 is 9.55. The fourth-order valence-corrected chi connectivity index (χ4v) is 2.36. The first-order valence-electron chi connectivity index (χ1n) is 5.65. The van der Waals surface area contributed by atoms with E-state index < -0.39 is 0 Å². The Morgan fingerprint density at radius 1 is 1.22 bits per heavy atom. The van der Waals surface area contributed by atoms with Gasteiger partial charge >= 0.3 is 0 Å². The third-order valence-corrected chi connectivity index (χ3v) is 3.84. The highest BCUT2D eigenvalue weighted by atomic mass is 79.9. The van der Waals surface area contributed by atoms with Gasteiger partial charge in [0.2, 0.25) is 0 Å². The molecule has 0 saturated carbocycles. The minimum Gasteiger partial charge on any atom is -0.261 e. The van der Waals surface area contributed by atoms with Crippen molar-refractivity contribution >= 4 is 27.5 Å². The lowest BCUT2D eigenvalue weighted by Gasteiger charge is -2.10. The van der Waals surface area contributed by atoms with Gasteiger partial charge in [-0.2, -0.15) is 0 Å². The minimum absolute atomic E-state index is 0.275. The van der Waals surface area contributed by atoms with Crippen LogP contribution in [0.5, 0.6) is 0 Å². The van der Waals surface area contributed by atoms with E-state index in [0.29, 0.717) is 11.0 Å². The highest BCUT2D eigenvalue weighted by Crippen LogP contribution is 2.30. The van der Waals surface area contributed by atoms with E-state index in [1.807, 2.05) is 19.1 Å². The summed E-state index contributed by atoms with van der Waals surface area (Å²) in [5.41, 5.74) is 2.74. The van der Waals surface area contributed by atoms with Crippen LogP contribution in [0.2, 0.25) is 5.15 Å². The minimum atomic E-state index is 0.275. The van der Waals surface area contributed by atoms with Gasteiger partial charge in [0.1, 0.15) is 5.15 Å². The molecular formula is C13H13BrClN3. The SMILES string of the molecule is Cc1ccc(-c2nc(Cl)c(Br)c(C(C)C)n2)cn1. The van der Waals surface area contributed by atoms with Crippen molar-refractivity contribution in [3.8, 4) is 11.4 Å². The summed E-state index contributed by atoms with van der Waals surface area (Å²) in [7, 11) is 0. The summed E-state index contributed by atoms with van der Waals surface area (Å²) in [6, 6.07) is 3.88. The van der Waals surface area contributed by atoms with Crippen LogP contribution in [-0.4, -0.2) is 15.0 Å². The molecule has 0 fully saturated rings. The fraction of sp³-hybridized carbons (Fsp3) is 0.308. The van der Waals surface area contributed by atoms with Crippen molar-refractivity contribution in [1.82, 2.24) is 15.0 Å². The van der Waals surface area contributed by atoms with Crippen molar-refractivity contribution in [2.45, 2.75) is 26.7 Å². The second kappa shape index (κ2) is 5.33. The molecule has 0 atom stereocenters. The van der Waals surface area contributed by atoms with E-state index in [1.54, 1.807) is 6.20 Å². The maximum atomic E-state index is 6.13. The number of aryl methyl sites for hydroxylation is 1. The van der Waals surface area contributed by atoms with Crippen LogP contribution in [0.15, 0.2) is 22.8 Å². The number of aromatic nitrogens is 3. The number of nitrogens with zero attached hydrogens (tertiary/aromatic N) is 3. The molecule has 2 heterocycles. The van der Waals surface area contributed by atoms with Crippen LogP contribution in [0.3, 0.4) is 0 Å². The zero-order valence-electron chi connectivity index (χ0n) is 10.4. The molecule has 2 rings (SSSR count). The second-order valence-corrected chi connectivity index (χ2v) is 5.53. The average Bonchev–Trinajstić information content (AvgIpc) is 2.33. The van der Waals surface area contributed by atoms with Gasteiger partial charge < -0.3 is 0 Å². The second-order valence-electron chi connectivity index (χ2n) is 4.38. The van der Waals surface area contributed by atoms with E-state index in [2.05, 4.69) is 44.7 Å². The Bertz CT molecular complexity index is 567. The Balaban J connectivity index is 2.55. The molecule has 2 aromatic heterocycles. The third kappa shape index (κ3) is 2.70. The summed E-state index contributed by atoms with van der Waals surface area (Å²) in [4.78, 5) is 13.1. The number of halogens is 2. The molecule has 0 amide bonds. The van der Waals surface area contributed by atoms with Crippen molar-refractivity contribution < 1.29 is 0 Å². The monoisotopic (exact) mass is 325 g/mol. The lowest BCUT2D eigenvalue weighted by atomic mass is 10.1. The lowest BCUT2D eigenvalue weighted by Crippen LogP contribution is -2.00.